The van der Waals surface area contributed by atoms with Gasteiger partial charge in [0.2, 0.25) is 5.91 Å². The predicted molar refractivity (Wildman–Crippen MR) is 162 cm³/mol. The van der Waals surface area contributed by atoms with E-state index in [2.05, 4.69) is 29.8 Å². The Morgan fingerprint density at radius 1 is 1.07 bits per heavy atom. The summed E-state index contributed by atoms with van der Waals surface area (Å²) in [6, 6.07) is 0.721. The van der Waals surface area contributed by atoms with Gasteiger partial charge in [-0.15, -0.1) is 0 Å². The molecule has 0 spiro atoms. The number of hydrogen-bond acceptors (Lipinski definition) is 6. The summed E-state index contributed by atoms with van der Waals surface area (Å²) in [5, 5.41) is 22.3. The molecule has 0 aromatic carbocycles. The third-order valence-corrected chi connectivity index (χ3v) is 14.9. The molecule has 0 radical (unpaired) electrons. The third-order valence-electron chi connectivity index (χ3n) is 13.4. The lowest BCUT2D eigenvalue weighted by molar-refractivity contribution is -0.205. The molecule has 42 heavy (non-hydrogen) atoms. The molecule has 11 atom stereocenters. The number of amides is 3. The SMILES string of the molecule is C[C@]12CC[C@H](NC(=O)CCCC[C@@H]3SCC4NC(=O)NC43)C[C@H]1CC[C@@H]1[C@@H]2CC[C@]2(C)[C@@H](C3=CC(=O)OC3)CC[C@]12O. The maximum atomic E-state index is 12.9. The molecule has 0 aromatic heterocycles. The Hall–Kier alpha value is -1.74. The van der Waals surface area contributed by atoms with Crippen LogP contribution in [0, 0.1) is 34.5 Å². The van der Waals surface area contributed by atoms with E-state index in [0.717, 1.165) is 88.4 Å². The Balaban J connectivity index is 0.912. The highest BCUT2D eigenvalue weighted by molar-refractivity contribution is 8.00. The summed E-state index contributed by atoms with van der Waals surface area (Å²) in [5.74, 6) is 2.60. The molecule has 7 aliphatic rings. The Bertz CT molecular complexity index is 1160. The second-order valence-corrected chi connectivity index (χ2v) is 16.5. The first-order valence-electron chi connectivity index (χ1n) is 16.7. The lowest BCUT2D eigenvalue weighted by Gasteiger charge is -2.64. The maximum Gasteiger partial charge on any atom is 0.331 e. The van der Waals surface area contributed by atoms with E-state index in [4.69, 9.17) is 4.74 Å². The van der Waals surface area contributed by atoms with Crippen molar-refractivity contribution in [2.75, 3.05) is 12.4 Å². The number of ether oxygens (including phenoxy) is 1. The molecule has 9 heteroatoms. The van der Waals surface area contributed by atoms with Crippen molar-refractivity contribution in [1.82, 2.24) is 16.0 Å². The van der Waals surface area contributed by atoms with E-state index in [9.17, 15) is 19.5 Å². The Morgan fingerprint density at radius 3 is 2.74 bits per heavy atom. The topological polar surface area (TPSA) is 117 Å². The first-order valence-corrected chi connectivity index (χ1v) is 17.7. The zero-order chi connectivity index (χ0) is 29.3. The zero-order valence-corrected chi connectivity index (χ0v) is 26.1. The number of thioether (sulfide) groups is 1. The summed E-state index contributed by atoms with van der Waals surface area (Å²) in [6.07, 6.45) is 14.6. The third kappa shape index (κ3) is 4.62. The summed E-state index contributed by atoms with van der Waals surface area (Å²) < 4.78 is 5.27. The van der Waals surface area contributed by atoms with E-state index in [0.29, 0.717) is 36.0 Å². The van der Waals surface area contributed by atoms with Gasteiger partial charge in [-0.05, 0) is 105 Å². The van der Waals surface area contributed by atoms with Gasteiger partial charge in [-0.3, -0.25) is 4.79 Å². The van der Waals surface area contributed by atoms with Gasteiger partial charge in [0.1, 0.15) is 6.61 Å². The number of rotatable bonds is 7. The van der Waals surface area contributed by atoms with E-state index >= 15 is 0 Å². The number of urea groups is 1. The minimum Gasteiger partial charge on any atom is -0.458 e. The predicted octanol–water partition coefficient (Wildman–Crippen LogP) is 4.45. The summed E-state index contributed by atoms with van der Waals surface area (Å²) >= 11 is 1.94. The van der Waals surface area contributed by atoms with Gasteiger partial charge in [-0.1, -0.05) is 20.3 Å². The van der Waals surface area contributed by atoms with Gasteiger partial charge in [-0.2, -0.15) is 11.8 Å². The van der Waals surface area contributed by atoms with Crippen molar-refractivity contribution < 1.29 is 24.2 Å². The Kier molecular flexibility index (Phi) is 7.39. The van der Waals surface area contributed by atoms with Crippen LogP contribution in [0.1, 0.15) is 97.3 Å². The van der Waals surface area contributed by atoms with Gasteiger partial charge in [0.25, 0.3) is 0 Å². The average Bonchev–Trinajstić information content (AvgIpc) is 3.70. The fraction of sp³-hybridized carbons (Fsp3) is 0.848. The molecule has 8 nitrogen and oxygen atoms in total. The number of carbonyl (C=O) groups excluding carboxylic acids is 3. The summed E-state index contributed by atoms with van der Waals surface area (Å²) in [6.45, 7) is 5.18. The largest absolute Gasteiger partial charge is 0.458 e. The van der Waals surface area contributed by atoms with Crippen LogP contribution in [0.2, 0.25) is 0 Å². The van der Waals surface area contributed by atoms with Crippen molar-refractivity contribution in [3.63, 3.8) is 0 Å². The molecule has 2 unspecified atom stereocenters. The van der Waals surface area contributed by atoms with Crippen LogP contribution in [0.5, 0.6) is 0 Å². The second kappa shape index (κ2) is 10.7. The van der Waals surface area contributed by atoms with Crippen LogP contribution in [-0.4, -0.2) is 64.4 Å². The number of aliphatic hydroxyl groups is 1. The van der Waals surface area contributed by atoms with Crippen molar-refractivity contribution in [1.29, 1.82) is 0 Å². The quantitative estimate of drug-likeness (QED) is 0.195. The van der Waals surface area contributed by atoms with Crippen LogP contribution in [0.4, 0.5) is 4.79 Å². The van der Waals surface area contributed by atoms with Gasteiger partial charge in [0.05, 0.1) is 17.7 Å². The first-order chi connectivity index (χ1) is 20.1. The van der Waals surface area contributed by atoms with Crippen molar-refractivity contribution in [2.45, 2.75) is 126 Å². The summed E-state index contributed by atoms with van der Waals surface area (Å²) in [7, 11) is 0. The van der Waals surface area contributed by atoms with Gasteiger partial charge in [0.15, 0.2) is 0 Å². The molecule has 0 bridgehead atoms. The fourth-order valence-corrected chi connectivity index (χ4v) is 12.7. The number of carbonyl (C=O) groups is 3. The molecular formula is C33H49N3O5S. The molecule has 4 aliphatic carbocycles. The highest BCUT2D eigenvalue weighted by Gasteiger charge is 2.67. The van der Waals surface area contributed by atoms with Crippen molar-refractivity contribution in [3.8, 4) is 0 Å². The van der Waals surface area contributed by atoms with Crippen molar-refractivity contribution in [2.24, 2.45) is 34.5 Å². The van der Waals surface area contributed by atoms with E-state index in [1.54, 1.807) is 6.08 Å². The lowest BCUT2D eigenvalue weighted by atomic mass is 9.43. The molecule has 3 aliphatic heterocycles. The minimum atomic E-state index is -0.677. The number of fused-ring (bicyclic) bond motifs is 6. The van der Waals surface area contributed by atoms with Gasteiger partial charge in [0, 0.05) is 35.0 Å². The standard InChI is InChI=1S/C33H49N3O5S/c1-31-12-9-21(34-27(37)6-4-3-5-26-29-25(18-42-26)35-30(39)36-29)16-20(31)7-8-24-23(31)10-13-32(2)22(11-14-33(24,32)40)19-15-28(38)41-17-19/h15,20-26,29,40H,3-14,16-18H2,1-2H3,(H,34,37)(H2,35,36,39)/t20-,21+,22-,23+,24-,25?,26+,29?,31+,32-,33+/m1/s1. The molecule has 3 heterocycles. The number of nitrogens with one attached hydrogen (secondary N) is 3. The average molecular weight is 600 g/mol. The van der Waals surface area contributed by atoms with Gasteiger partial charge < -0.3 is 25.8 Å². The van der Waals surface area contributed by atoms with E-state index < -0.39 is 5.60 Å². The lowest BCUT2D eigenvalue weighted by Crippen LogP contribution is -2.62. The van der Waals surface area contributed by atoms with Crippen LogP contribution in [0.25, 0.3) is 0 Å². The second-order valence-electron chi connectivity index (χ2n) is 15.2. The van der Waals surface area contributed by atoms with Crippen LogP contribution < -0.4 is 16.0 Å². The molecule has 4 N–H and O–H groups in total. The molecule has 2 saturated heterocycles. The van der Waals surface area contributed by atoms with E-state index in [1.165, 1.54) is 0 Å². The van der Waals surface area contributed by atoms with Gasteiger partial charge >= 0.3 is 12.0 Å². The van der Waals surface area contributed by atoms with Crippen LogP contribution >= 0.6 is 11.8 Å². The van der Waals surface area contributed by atoms with E-state index in [-0.39, 0.29) is 52.8 Å². The normalized spacial score (nSPS) is 47.4. The van der Waals surface area contributed by atoms with Crippen LogP contribution in [0.15, 0.2) is 11.6 Å². The molecular weight excluding hydrogens is 550 g/mol. The molecule has 3 amide bonds. The number of hydrogen-bond donors (Lipinski definition) is 4. The maximum absolute atomic E-state index is 12.9. The first kappa shape index (κ1) is 29.0. The van der Waals surface area contributed by atoms with Crippen LogP contribution in [-0.2, 0) is 14.3 Å². The Labute approximate surface area is 254 Å². The number of unbranched alkanes of at least 4 members (excludes halogenated alkanes) is 1. The smallest absolute Gasteiger partial charge is 0.331 e. The zero-order valence-electron chi connectivity index (χ0n) is 25.3. The van der Waals surface area contributed by atoms with Gasteiger partial charge in [-0.25, -0.2) is 9.59 Å². The molecule has 0 aromatic rings. The van der Waals surface area contributed by atoms with Crippen molar-refractivity contribution in [3.05, 3.63) is 11.6 Å². The highest BCUT2D eigenvalue weighted by atomic mass is 32.2. The van der Waals surface area contributed by atoms with Crippen LogP contribution in [0.3, 0.4) is 0 Å². The fourth-order valence-electron chi connectivity index (χ4n) is 11.1. The molecule has 232 valence electrons. The highest BCUT2D eigenvalue weighted by Crippen LogP contribution is 2.69. The summed E-state index contributed by atoms with van der Waals surface area (Å²) in [5.41, 5.74) is 0.442. The monoisotopic (exact) mass is 599 g/mol. The molecule has 7 rings (SSSR count). The molecule has 4 saturated carbocycles. The Morgan fingerprint density at radius 2 is 1.93 bits per heavy atom. The number of cyclic esters (lactones) is 1. The minimum absolute atomic E-state index is 0.0387. The number of esters is 1. The van der Waals surface area contributed by atoms with Crippen molar-refractivity contribution >= 4 is 29.7 Å². The summed E-state index contributed by atoms with van der Waals surface area (Å²) in [4.78, 5) is 36.4. The van der Waals surface area contributed by atoms with E-state index in [1.807, 2.05) is 11.8 Å². The molecule has 6 fully saturated rings.